The normalized spacial score (nSPS) is 10.6. The van der Waals surface area contributed by atoms with Crippen LogP contribution < -0.4 is 9.47 Å². The van der Waals surface area contributed by atoms with Crippen LogP contribution in [0.5, 0.6) is 11.5 Å². The molecule has 0 atom stereocenters. The van der Waals surface area contributed by atoms with Gasteiger partial charge >= 0.3 is 0 Å². The second-order valence-electron chi connectivity index (χ2n) is 5.82. The summed E-state index contributed by atoms with van der Waals surface area (Å²) >= 11 is 0. The monoisotopic (exact) mass is 331 g/mol. The molecule has 4 nitrogen and oxygen atoms in total. The Morgan fingerprint density at radius 3 is 2.38 bits per heavy atom. The number of carbonyl (C=O) groups is 1. The van der Waals surface area contributed by atoms with Crippen molar-refractivity contribution in [1.29, 1.82) is 0 Å². The summed E-state index contributed by atoms with van der Waals surface area (Å²) in [4.78, 5) is 14.1. The smallest absolute Gasteiger partial charge is 0.254 e. The number of hydrogen-bond acceptors (Lipinski definition) is 3. The predicted octanol–water partition coefficient (Wildman–Crippen LogP) is 3.89. The third kappa shape index (κ3) is 4.47. The fourth-order valence-electron chi connectivity index (χ4n) is 2.31. The quantitative estimate of drug-likeness (QED) is 0.806. The van der Waals surface area contributed by atoms with E-state index >= 15 is 0 Å². The lowest BCUT2D eigenvalue weighted by molar-refractivity contribution is 0.0784. The molecule has 0 saturated carbocycles. The highest BCUT2D eigenvalue weighted by atomic mass is 19.1. The largest absolute Gasteiger partial charge is 0.493 e. The highest BCUT2D eigenvalue weighted by Gasteiger charge is 2.16. The summed E-state index contributed by atoms with van der Waals surface area (Å²) in [5.41, 5.74) is 1.37. The van der Waals surface area contributed by atoms with Gasteiger partial charge in [0.25, 0.3) is 5.91 Å². The lowest BCUT2D eigenvalue weighted by Gasteiger charge is -2.19. The van der Waals surface area contributed by atoms with Crippen LogP contribution in [-0.4, -0.2) is 31.1 Å². The Labute approximate surface area is 141 Å². The average Bonchev–Trinajstić information content (AvgIpc) is 2.56. The maximum Gasteiger partial charge on any atom is 0.254 e. The number of hydrogen-bond donors (Lipinski definition) is 0. The van der Waals surface area contributed by atoms with Gasteiger partial charge in [0.15, 0.2) is 11.5 Å². The average molecular weight is 331 g/mol. The molecular formula is C19H22FNO3. The van der Waals surface area contributed by atoms with E-state index in [0.29, 0.717) is 23.6 Å². The van der Waals surface area contributed by atoms with Crippen LogP contribution >= 0.6 is 0 Å². The molecule has 1 amide bonds. The Balaban J connectivity index is 2.14. The highest BCUT2D eigenvalue weighted by molar-refractivity contribution is 5.94. The molecule has 0 N–H and O–H groups in total. The third-order valence-electron chi connectivity index (χ3n) is 3.45. The number of methoxy groups -OCH3 is 1. The standard InChI is InChI=1S/C19H22FNO3/c1-13(2)24-17-10-7-15(11-18(17)23-4)19(22)21(3)12-14-5-8-16(20)9-6-14/h5-11,13H,12H2,1-4H3. The first kappa shape index (κ1) is 17.8. The van der Waals surface area contributed by atoms with Crippen LogP contribution in [0.2, 0.25) is 0 Å². The number of rotatable bonds is 6. The molecule has 2 aromatic carbocycles. The van der Waals surface area contributed by atoms with Crippen molar-refractivity contribution in [3.63, 3.8) is 0 Å². The van der Waals surface area contributed by atoms with Gasteiger partial charge in [0.1, 0.15) is 5.82 Å². The van der Waals surface area contributed by atoms with Gasteiger partial charge in [0, 0.05) is 19.2 Å². The number of amides is 1. The topological polar surface area (TPSA) is 38.8 Å². The van der Waals surface area contributed by atoms with Gasteiger partial charge in [-0.2, -0.15) is 0 Å². The SMILES string of the molecule is COc1cc(C(=O)N(C)Cc2ccc(F)cc2)ccc1OC(C)C. The van der Waals surface area contributed by atoms with E-state index in [-0.39, 0.29) is 17.8 Å². The van der Waals surface area contributed by atoms with Gasteiger partial charge in [-0.15, -0.1) is 0 Å². The summed E-state index contributed by atoms with van der Waals surface area (Å²) in [5, 5.41) is 0. The van der Waals surface area contributed by atoms with E-state index in [9.17, 15) is 9.18 Å². The zero-order chi connectivity index (χ0) is 17.7. The lowest BCUT2D eigenvalue weighted by atomic mass is 10.1. The third-order valence-corrected chi connectivity index (χ3v) is 3.45. The summed E-state index contributed by atoms with van der Waals surface area (Å²) in [6.45, 7) is 4.25. The zero-order valence-electron chi connectivity index (χ0n) is 14.4. The molecule has 2 aromatic rings. The first-order valence-corrected chi connectivity index (χ1v) is 7.75. The molecule has 0 bridgehead atoms. The van der Waals surface area contributed by atoms with Crippen molar-refractivity contribution in [2.24, 2.45) is 0 Å². The van der Waals surface area contributed by atoms with E-state index in [1.54, 1.807) is 49.4 Å². The molecule has 128 valence electrons. The molecule has 0 unspecified atom stereocenters. The molecule has 0 fully saturated rings. The van der Waals surface area contributed by atoms with Gasteiger partial charge in [0.2, 0.25) is 0 Å². The fraction of sp³-hybridized carbons (Fsp3) is 0.316. The van der Waals surface area contributed by atoms with Crippen LogP contribution in [0.25, 0.3) is 0 Å². The maximum atomic E-state index is 13.0. The lowest BCUT2D eigenvalue weighted by Crippen LogP contribution is -2.26. The molecule has 0 saturated heterocycles. The summed E-state index contributed by atoms with van der Waals surface area (Å²) in [6, 6.07) is 11.2. The minimum atomic E-state index is -0.293. The number of ether oxygens (including phenoxy) is 2. The summed E-state index contributed by atoms with van der Waals surface area (Å²) in [7, 11) is 3.25. The van der Waals surface area contributed by atoms with E-state index in [1.165, 1.54) is 12.1 Å². The van der Waals surface area contributed by atoms with E-state index < -0.39 is 0 Å². The molecule has 0 aliphatic carbocycles. The molecule has 0 radical (unpaired) electrons. The molecule has 2 rings (SSSR count). The molecule has 0 aliphatic rings. The van der Waals surface area contributed by atoms with Crippen molar-refractivity contribution in [1.82, 2.24) is 4.90 Å². The number of carbonyl (C=O) groups excluding carboxylic acids is 1. The van der Waals surface area contributed by atoms with Crippen LogP contribution in [0.1, 0.15) is 29.8 Å². The Morgan fingerprint density at radius 2 is 1.79 bits per heavy atom. The molecule has 0 heterocycles. The van der Waals surface area contributed by atoms with Gasteiger partial charge < -0.3 is 14.4 Å². The van der Waals surface area contributed by atoms with E-state index in [2.05, 4.69) is 0 Å². The highest BCUT2D eigenvalue weighted by Crippen LogP contribution is 2.29. The predicted molar refractivity (Wildman–Crippen MR) is 91.0 cm³/mol. The first-order valence-electron chi connectivity index (χ1n) is 7.75. The van der Waals surface area contributed by atoms with Crippen molar-refractivity contribution in [2.75, 3.05) is 14.2 Å². The minimum Gasteiger partial charge on any atom is -0.493 e. The van der Waals surface area contributed by atoms with Gasteiger partial charge in [-0.1, -0.05) is 12.1 Å². The molecule has 0 aliphatic heterocycles. The van der Waals surface area contributed by atoms with Gasteiger partial charge in [-0.05, 0) is 49.7 Å². The van der Waals surface area contributed by atoms with Crippen LogP contribution in [0.4, 0.5) is 4.39 Å². The van der Waals surface area contributed by atoms with Crippen molar-refractivity contribution < 1.29 is 18.7 Å². The first-order chi connectivity index (χ1) is 11.4. The van der Waals surface area contributed by atoms with E-state index in [0.717, 1.165) is 5.56 Å². The second kappa shape index (κ2) is 7.81. The maximum absolute atomic E-state index is 13.0. The van der Waals surface area contributed by atoms with Gasteiger partial charge in [0.05, 0.1) is 13.2 Å². The van der Waals surface area contributed by atoms with E-state index in [4.69, 9.17) is 9.47 Å². The second-order valence-corrected chi connectivity index (χ2v) is 5.82. The number of benzene rings is 2. The molecule has 5 heteroatoms. The Morgan fingerprint density at radius 1 is 1.12 bits per heavy atom. The Kier molecular flexibility index (Phi) is 5.79. The van der Waals surface area contributed by atoms with Crippen molar-refractivity contribution in [3.8, 4) is 11.5 Å². The minimum absolute atomic E-state index is 0.0154. The zero-order valence-corrected chi connectivity index (χ0v) is 14.4. The Hall–Kier alpha value is -2.56. The summed E-state index contributed by atoms with van der Waals surface area (Å²) in [5.74, 6) is 0.682. The molecule has 0 spiro atoms. The molecule has 0 aromatic heterocycles. The van der Waals surface area contributed by atoms with Crippen molar-refractivity contribution in [3.05, 3.63) is 59.4 Å². The Bertz CT molecular complexity index is 698. The summed E-state index contributed by atoms with van der Waals surface area (Å²) in [6.07, 6.45) is 0.0154. The fourth-order valence-corrected chi connectivity index (χ4v) is 2.31. The van der Waals surface area contributed by atoms with Crippen molar-refractivity contribution in [2.45, 2.75) is 26.5 Å². The number of halogens is 1. The van der Waals surface area contributed by atoms with Crippen molar-refractivity contribution >= 4 is 5.91 Å². The van der Waals surface area contributed by atoms with Crippen LogP contribution in [-0.2, 0) is 6.54 Å². The van der Waals surface area contributed by atoms with Gasteiger partial charge in [-0.25, -0.2) is 4.39 Å². The van der Waals surface area contributed by atoms with Crippen LogP contribution in [0.3, 0.4) is 0 Å². The molecule has 24 heavy (non-hydrogen) atoms. The molecular weight excluding hydrogens is 309 g/mol. The van der Waals surface area contributed by atoms with E-state index in [1.807, 2.05) is 13.8 Å². The van der Waals surface area contributed by atoms with Crippen LogP contribution in [0.15, 0.2) is 42.5 Å². The van der Waals surface area contributed by atoms with Gasteiger partial charge in [-0.3, -0.25) is 4.79 Å². The summed E-state index contributed by atoms with van der Waals surface area (Å²) < 4.78 is 23.9. The van der Waals surface area contributed by atoms with Crippen LogP contribution in [0, 0.1) is 5.82 Å². The number of nitrogens with zero attached hydrogens (tertiary/aromatic N) is 1.